The van der Waals surface area contributed by atoms with Crippen LogP contribution in [0.15, 0.2) is 35.9 Å². The monoisotopic (exact) mass is 334 g/mol. The van der Waals surface area contributed by atoms with Gasteiger partial charge in [-0.2, -0.15) is 0 Å². The summed E-state index contributed by atoms with van der Waals surface area (Å²) in [4.78, 5) is 1.89. The minimum Gasteiger partial charge on any atom is -0.311 e. The second kappa shape index (κ2) is 8.21. The summed E-state index contributed by atoms with van der Waals surface area (Å²) in [7, 11) is 0. The first-order valence-corrected chi connectivity index (χ1v) is 9.17. The number of halogens is 2. The molecule has 132 valence electrons. The molecule has 1 aromatic carbocycles. The van der Waals surface area contributed by atoms with E-state index < -0.39 is 6.43 Å². The van der Waals surface area contributed by atoms with E-state index in [1.807, 2.05) is 11.0 Å². The standard InChI is InChI=1S/C20H28F2N2/c1-2-16(12-15-6-4-3-5-7-15)18-13-19(18)23-17-8-10-24(11-9-17)14-20(21)22/h3-7,12,17-20,23H,2,8-11,13-14H2,1H3/b16-12+/t18-,19+/m0/s1. The maximum Gasteiger partial charge on any atom is 0.251 e. The summed E-state index contributed by atoms with van der Waals surface area (Å²) in [5, 5.41) is 3.76. The molecule has 1 heterocycles. The van der Waals surface area contributed by atoms with E-state index in [9.17, 15) is 8.78 Å². The third-order valence-electron chi connectivity index (χ3n) is 5.26. The minimum absolute atomic E-state index is 0.0709. The molecule has 1 aliphatic heterocycles. The molecule has 2 aliphatic rings. The molecule has 1 aromatic rings. The average Bonchev–Trinajstić information content (AvgIpc) is 3.34. The summed E-state index contributed by atoms with van der Waals surface area (Å²) in [5.74, 6) is 0.647. The predicted octanol–water partition coefficient (Wildman–Crippen LogP) is 4.19. The fraction of sp³-hybridized carbons (Fsp3) is 0.600. The van der Waals surface area contributed by atoms with Crippen LogP contribution in [0.2, 0.25) is 0 Å². The third kappa shape index (κ3) is 4.87. The molecule has 0 amide bonds. The fourth-order valence-corrected chi connectivity index (χ4v) is 3.80. The van der Waals surface area contributed by atoms with Gasteiger partial charge in [-0.25, -0.2) is 8.78 Å². The molecular formula is C20H28F2N2. The number of likely N-dealkylation sites (tertiary alicyclic amines) is 1. The number of alkyl halides is 2. The molecule has 3 rings (SSSR count). The Kier molecular flexibility index (Phi) is 6.01. The molecule has 0 unspecified atom stereocenters. The first-order chi connectivity index (χ1) is 11.7. The van der Waals surface area contributed by atoms with Crippen molar-refractivity contribution >= 4 is 6.08 Å². The molecule has 0 aromatic heterocycles. The maximum atomic E-state index is 12.4. The van der Waals surface area contributed by atoms with Crippen LogP contribution in [0, 0.1) is 5.92 Å². The highest BCUT2D eigenvalue weighted by Crippen LogP contribution is 2.40. The smallest absolute Gasteiger partial charge is 0.251 e. The lowest BCUT2D eigenvalue weighted by Crippen LogP contribution is -2.44. The van der Waals surface area contributed by atoms with Crippen molar-refractivity contribution in [2.45, 2.75) is 51.1 Å². The molecule has 1 saturated carbocycles. The van der Waals surface area contributed by atoms with E-state index in [4.69, 9.17) is 0 Å². The van der Waals surface area contributed by atoms with Crippen LogP contribution in [-0.4, -0.2) is 43.0 Å². The van der Waals surface area contributed by atoms with Crippen molar-refractivity contribution in [2.24, 2.45) is 5.92 Å². The van der Waals surface area contributed by atoms with Crippen molar-refractivity contribution in [2.75, 3.05) is 19.6 Å². The van der Waals surface area contributed by atoms with Crippen LogP contribution in [0.3, 0.4) is 0 Å². The molecule has 1 saturated heterocycles. The lowest BCUT2D eigenvalue weighted by molar-refractivity contribution is 0.0728. The van der Waals surface area contributed by atoms with Gasteiger partial charge in [0.05, 0.1) is 6.54 Å². The van der Waals surface area contributed by atoms with Crippen LogP contribution in [-0.2, 0) is 0 Å². The summed E-state index contributed by atoms with van der Waals surface area (Å²) < 4.78 is 24.9. The number of hydrogen-bond donors (Lipinski definition) is 1. The zero-order chi connectivity index (χ0) is 16.9. The molecule has 0 radical (unpaired) electrons. The molecule has 1 aliphatic carbocycles. The van der Waals surface area contributed by atoms with E-state index in [0.717, 1.165) is 32.4 Å². The molecule has 24 heavy (non-hydrogen) atoms. The minimum atomic E-state index is -2.21. The number of hydrogen-bond acceptors (Lipinski definition) is 2. The summed E-state index contributed by atoms with van der Waals surface area (Å²) in [6, 6.07) is 11.6. The van der Waals surface area contributed by atoms with Crippen LogP contribution < -0.4 is 5.32 Å². The molecule has 0 bridgehead atoms. The van der Waals surface area contributed by atoms with Crippen molar-refractivity contribution in [1.82, 2.24) is 10.2 Å². The van der Waals surface area contributed by atoms with Crippen molar-refractivity contribution in [3.63, 3.8) is 0 Å². The number of piperidine rings is 1. The summed E-state index contributed by atoms with van der Waals surface area (Å²) in [6.07, 6.45) is 4.39. The molecule has 2 nitrogen and oxygen atoms in total. The van der Waals surface area contributed by atoms with Gasteiger partial charge in [-0.05, 0) is 50.3 Å². The van der Waals surface area contributed by atoms with E-state index in [0.29, 0.717) is 18.0 Å². The van der Waals surface area contributed by atoms with E-state index in [2.05, 4.69) is 42.6 Å². The quantitative estimate of drug-likeness (QED) is 0.804. The Labute approximate surface area is 143 Å². The van der Waals surface area contributed by atoms with Gasteiger partial charge >= 0.3 is 0 Å². The Morgan fingerprint density at radius 2 is 1.96 bits per heavy atom. The molecular weight excluding hydrogens is 306 g/mol. The summed E-state index contributed by atoms with van der Waals surface area (Å²) in [5.41, 5.74) is 2.80. The second-order valence-electron chi connectivity index (χ2n) is 7.06. The first-order valence-electron chi connectivity index (χ1n) is 9.17. The van der Waals surface area contributed by atoms with Crippen molar-refractivity contribution in [3.8, 4) is 0 Å². The number of nitrogens with zero attached hydrogens (tertiary/aromatic N) is 1. The topological polar surface area (TPSA) is 15.3 Å². The van der Waals surface area contributed by atoms with Gasteiger partial charge in [-0.3, -0.25) is 4.90 Å². The Bertz CT molecular complexity index is 536. The lowest BCUT2D eigenvalue weighted by atomic mass is 10.0. The zero-order valence-electron chi connectivity index (χ0n) is 14.4. The van der Waals surface area contributed by atoms with E-state index in [1.54, 1.807) is 0 Å². The highest BCUT2D eigenvalue weighted by Gasteiger charge is 2.40. The van der Waals surface area contributed by atoms with Crippen molar-refractivity contribution < 1.29 is 8.78 Å². The average molecular weight is 334 g/mol. The first kappa shape index (κ1) is 17.6. The highest BCUT2D eigenvalue weighted by atomic mass is 19.3. The largest absolute Gasteiger partial charge is 0.311 e. The fourth-order valence-electron chi connectivity index (χ4n) is 3.80. The Balaban J connectivity index is 1.46. The van der Waals surface area contributed by atoms with Gasteiger partial charge in [0.1, 0.15) is 0 Å². The van der Waals surface area contributed by atoms with Gasteiger partial charge in [-0.1, -0.05) is 48.9 Å². The number of benzene rings is 1. The van der Waals surface area contributed by atoms with Crippen LogP contribution in [0.1, 0.15) is 38.2 Å². The second-order valence-corrected chi connectivity index (χ2v) is 7.06. The van der Waals surface area contributed by atoms with Gasteiger partial charge < -0.3 is 5.32 Å². The van der Waals surface area contributed by atoms with Gasteiger partial charge in [0.15, 0.2) is 0 Å². The maximum absolute atomic E-state index is 12.4. The normalized spacial score (nSPS) is 26.1. The van der Waals surface area contributed by atoms with Crippen molar-refractivity contribution in [3.05, 3.63) is 41.5 Å². The van der Waals surface area contributed by atoms with Gasteiger partial charge in [0.25, 0.3) is 6.43 Å². The van der Waals surface area contributed by atoms with Crippen molar-refractivity contribution in [1.29, 1.82) is 0 Å². The zero-order valence-corrected chi connectivity index (χ0v) is 14.4. The summed E-state index contributed by atoms with van der Waals surface area (Å²) >= 11 is 0. The summed E-state index contributed by atoms with van der Waals surface area (Å²) in [6.45, 7) is 3.74. The van der Waals surface area contributed by atoms with Gasteiger partial charge in [-0.15, -0.1) is 0 Å². The van der Waals surface area contributed by atoms with Crippen LogP contribution in [0.25, 0.3) is 6.08 Å². The number of rotatable bonds is 7. The predicted molar refractivity (Wildman–Crippen MR) is 95.2 cm³/mol. The highest BCUT2D eigenvalue weighted by molar-refractivity contribution is 5.54. The van der Waals surface area contributed by atoms with E-state index in [-0.39, 0.29) is 6.54 Å². The SMILES string of the molecule is CC/C(=C\c1ccccc1)[C@@H]1C[C@H]1NC1CCN(CC(F)F)CC1. The van der Waals surface area contributed by atoms with Gasteiger partial charge in [0.2, 0.25) is 0 Å². The molecule has 2 atom stereocenters. The Morgan fingerprint density at radius 1 is 1.25 bits per heavy atom. The third-order valence-corrected chi connectivity index (χ3v) is 5.26. The van der Waals surface area contributed by atoms with E-state index in [1.165, 1.54) is 17.6 Å². The Morgan fingerprint density at radius 3 is 2.58 bits per heavy atom. The van der Waals surface area contributed by atoms with Gasteiger partial charge in [0, 0.05) is 12.1 Å². The van der Waals surface area contributed by atoms with Crippen LogP contribution in [0.4, 0.5) is 8.78 Å². The van der Waals surface area contributed by atoms with E-state index >= 15 is 0 Å². The molecule has 0 spiro atoms. The lowest BCUT2D eigenvalue weighted by Gasteiger charge is -2.32. The molecule has 4 heteroatoms. The molecule has 2 fully saturated rings. The molecule has 1 N–H and O–H groups in total. The van der Waals surface area contributed by atoms with Crippen LogP contribution in [0.5, 0.6) is 0 Å². The van der Waals surface area contributed by atoms with Crippen LogP contribution >= 0.6 is 0 Å². The number of nitrogens with one attached hydrogen (secondary N) is 1. The Hall–Kier alpha value is -1.26.